The molecule has 0 radical (unpaired) electrons. The number of amides is 2. The quantitative estimate of drug-likeness (QED) is 0.349. The molecule has 2 amide bonds. The van der Waals surface area contributed by atoms with Crippen molar-refractivity contribution in [2.24, 2.45) is 0 Å². The number of thiocarbonyl (C=S) groups is 1. The number of aromatic nitrogens is 1. The van der Waals surface area contributed by atoms with Crippen molar-refractivity contribution in [1.82, 2.24) is 15.2 Å². The summed E-state index contributed by atoms with van der Waals surface area (Å²) in [5.74, 6) is -1.01. The lowest BCUT2D eigenvalue weighted by Crippen LogP contribution is -2.53. The van der Waals surface area contributed by atoms with Crippen molar-refractivity contribution in [2.45, 2.75) is 9.92 Å². The van der Waals surface area contributed by atoms with Crippen LogP contribution in [-0.2, 0) is 9.59 Å². The van der Waals surface area contributed by atoms with Crippen molar-refractivity contribution in [3.63, 3.8) is 0 Å². The first-order valence-corrected chi connectivity index (χ1v) is 9.48. The molecule has 0 bridgehead atoms. The van der Waals surface area contributed by atoms with E-state index in [1.165, 1.54) is 22.7 Å². The Balaban J connectivity index is 1.98. The predicted octanol–water partition coefficient (Wildman–Crippen LogP) is 3.70. The number of nitrogens with zero attached hydrogens (tertiary/aromatic N) is 2. The van der Waals surface area contributed by atoms with Gasteiger partial charge in [0.25, 0.3) is 11.8 Å². The maximum absolute atomic E-state index is 12.7. The molecule has 0 atom stereocenters. The fraction of sp³-hybridized carbons (Fsp3) is 0.0526. The molecular weight excluding hydrogens is 402 g/mol. The van der Waals surface area contributed by atoms with Gasteiger partial charge in [0.1, 0.15) is 10.6 Å². The Morgan fingerprint density at radius 1 is 1.26 bits per heavy atom. The molecule has 3 rings (SSSR count). The predicted molar refractivity (Wildman–Crippen MR) is 110 cm³/mol. The van der Waals surface area contributed by atoms with Crippen molar-refractivity contribution in [1.29, 1.82) is 0 Å². The van der Waals surface area contributed by atoms with Crippen molar-refractivity contribution in [3.05, 3.63) is 71.4 Å². The van der Waals surface area contributed by atoms with E-state index in [-0.39, 0.29) is 17.2 Å². The number of rotatable bonds is 5. The maximum Gasteiger partial charge on any atom is 0.265 e. The van der Waals surface area contributed by atoms with Gasteiger partial charge in [-0.25, -0.2) is 4.98 Å². The average molecular weight is 416 g/mol. The SMILES string of the molecule is C=CCN1C(=O)/C(=C\c2cccnc2Sc2ccccc2Cl)C(=O)NC1=S. The van der Waals surface area contributed by atoms with E-state index in [0.29, 0.717) is 15.6 Å². The minimum Gasteiger partial charge on any atom is -0.298 e. The highest BCUT2D eigenvalue weighted by Crippen LogP contribution is 2.34. The summed E-state index contributed by atoms with van der Waals surface area (Å²) in [6.45, 7) is 3.82. The minimum absolute atomic E-state index is 0.0144. The van der Waals surface area contributed by atoms with Crippen molar-refractivity contribution < 1.29 is 9.59 Å². The van der Waals surface area contributed by atoms with Gasteiger partial charge in [-0.3, -0.25) is 19.8 Å². The molecule has 1 fully saturated rings. The lowest BCUT2D eigenvalue weighted by atomic mass is 10.1. The Hall–Kier alpha value is -2.48. The summed E-state index contributed by atoms with van der Waals surface area (Å²) in [6.07, 6.45) is 4.70. The zero-order chi connectivity index (χ0) is 19.4. The van der Waals surface area contributed by atoms with E-state index in [2.05, 4.69) is 16.9 Å². The summed E-state index contributed by atoms with van der Waals surface area (Å²) in [5, 5.41) is 3.82. The van der Waals surface area contributed by atoms with Crippen LogP contribution in [0.5, 0.6) is 0 Å². The van der Waals surface area contributed by atoms with E-state index >= 15 is 0 Å². The molecule has 0 spiro atoms. The second-order valence-electron chi connectivity index (χ2n) is 5.45. The van der Waals surface area contributed by atoms with Crippen LogP contribution < -0.4 is 5.32 Å². The number of hydrogen-bond acceptors (Lipinski definition) is 5. The normalized spacial score (nSPS) is 15.8. The Morgan fingerprint density at radius 3 is 2.78 bits per heavy atom. The van der Waals surface area contributed by atoms with Gasteiger partial charge in [0.15, 0.2) is 5.11 Å². The van der Waals surface area contributed by atoms with Crippen LogP contribution in [0, 0.1) is 0 Å². The molecule has 1 saturated heterocycles. The van der Waals surface area contributed by atoms with Crippen LogP contribution in [0.1, 0.15) is 5.56 Å². The summed E-state index contributed by atoms with van der Waals surface area (Å²) in [4.78, 5) is 31.5. The van der Waals surface area contributed by atoms with Crippen molar-refractivity contribution >= 4 is 58.6 Å². The minimum atomic E-state index is -0.539. The molecule has 0 unspecified atom stereocenters. The summed E-state index contributed by atoms with van der Waals surface area (Å²) in [6, 6.07) is 10.9. The van der Waals surface area contributed by atoms with Crippen LogP contribution in [0.2, 0.25) is 5.02 Å². The third-order valence-corrected chi connectivity index (χ3v) is 5.52. The molecule has 0 aliphatic carbocycles. The number of benzene rings is 1. The number of nitrogens with one attached hydrogen (secondary N) is 1. The smallest absolute Gasteiger partial charge is 0.265 e. The Kier molecular flexibility index (Phi) is 6.05. The Morgan fingerprint density at radius 2 is 2.04 bits per heavy atom. The summed E-state index contributed by atoms with van der Waals surface area (Å²) in [7, 11) is 0. The lowest BCUT2D eigenvalue weighted by Gasteiger charge is -2.27. The van der Waals surface area contributed by atoms with E-state index in [0.717, 1.165) is 4.90 Å². The number of carbonyl (C=O) groups excluding carboxylic acids is 2. The number of hydrogen-bond donors (Lipinski definition) is 1. The second-order valence-corrected chi connectivity index (χ2v) is 7.28. The van der Waals surface area contributed by atoms with Gasteiger partial charge < -0.3 is 0 Å². The molecule has 27 heavy (non-hydrogen) atoms. The highest BCUT2D eigenvalue weighted by atomic mass is 35.5. The molecule has 1 aliphatic heterocycles. The third-order valence-electron chi connectivity index (χ3n) is 3.64. The molecule has 1 aliphatic rings. The third kappa shape index (κ3) is 4.27. The molecular formula is C19H14ClN3O2S2. The second kappa shape index (κ2) is 8.47. The molecule has 1 aromatic heterocycles. The van der Waals surface area contributed by atoms with Crippen molar-refractivity contribution in [3.8, 4) is 0 Å². The first-order valence-electron chi connectivity index (χ1n) is 7.88. The monoisotopic (exact) mass is 415 g/mol. The van der Waals surface area contributed by atoms with Gasteiger partial charge in [0.05, 0.1) is 5.02 Å². The molecule has 1 N–H and O–H groups in total. The van der Waals surface area contributed by atoms with E-state index in [1.807, 2.05) is 18.2 Å². The van der Waals surface area contributed by atoms with Crippen LogP contribution in [0.3, 0.4) is 0 Å². The molecule has 8 heteroatoms. The Bertz CT molecular complexity index is 975. The molecule has 0 saturated carbocycles. The zero-order valence-electron chi connectivity index (χ0n) is 14.0. The van der Waals surface area contributed by atoms with Gasteiger partial charge in [0.2, 0.25) is 0 Å². The van der Waals surface area contributed by atoms with Crippen LogP contribution >= 0.6 is 35.6 Å². The fourth-order valence-corrected chi connectivity index (χ4v) is 3.75. The molecule has 1 aromatic carbocycles. The Labute approximate surface area is 171 Å². The summed E-state index contributed by atoms with van der Waals surface area (Å²) in [5.41, 5.74) is 0.617. The van der Waals surface area contributed by atoms with Gasteiger partial charge in [0, 0.05) is 23.2 Å². The van der Waals surface area contributed by atoms with Gasteiger partial charge >= 0.3 is 0 Å². The van der Waals surface area contributed by atoms with Crippen LogP contribution in [0.15, 0.2) is 70.7 Å². The fourth-order valence-electron chi connectivity index (χ4n) is 2.37. The number of pyridine rings is 1. The summed E-state index contributed by atoms with van der Waals surface area (Å²) < 4.78 is 0. The van der Waals surface area contributed by atoms with E-state index in [1.54, 1.807) is 30.5 Å². The number of halogens is 1. The lowest BCUT2D eigenvalue weighted by molar-refractivity contribution is -0.128. The highest BCUT2D eigenvalue weighted by molar-refractivity contribution is 7.99. The van der Waals surface area contributed by atoms with E-state index < -0.39 is 11.8 Å². The molecule has 5 nitrogen and oxygen atoms in total. The first kappa shape index (κ1) is 19.3. The molecule has 2 heterocycles. The summed E-state index contributed by atoms with van der Waals surface area (Å²) >= 11 is 12.6. The first-order chi connectivity index (χ1) is 13.0. The standard InChI is InChI=1S/C19H14ClN3O2S2/c1-2-10-23-18(25)13(16(24)22-19(23)26)11-12-6-5-9-21-17(12)27-15-8-4-3-7-14(15)20/h2-9,11H,1,10H2,(H,22,24,26)/b13-11-. The molecule has 2 aromatic rings. The van der Waals surface area contributed by atoms with Gasteiger partial charge in [-0.15, -0.1) is 6.58 Å². The topological polar surface area (TPSA) is 62.3 Å². The van der Waals surface area contributed by atoms with Gasteiger partial charge in [-0.05, 0) is 36.5 Å². The van der Waals surface area contributed by atoms with E-state index in [9.17, 15) is 9.59 Å². The van der Waals surface area contributed by atoms with Gasteiger partial charge in [-0.2, -0.15) is 0 Å². The van der Waals surface area contributed by atoms with E-state index in [4.69, 9.17) is 23.8 Å². The van der Waals surface area contributed by atoms with Crippen LogP contribution in [0.4, 0.5) is 0 Å². The van der Waals surface area contributed by atoms with Crippen LogP contribution in [0.25, 0.3) is 6.08 Å². The highest BCUT2D eigenvalue weighted by Gasteiger charge is 2.32. The van der Waals surface area contributed by atoms with Crippen molar-refractivity contribution in [2.75, 3.05) is 6.54 Å². The largest absolute Gasteiger partial charge is 0.298 e. The van der Waals surface area contributed by atoms with Gasteiger partial charge in [-0.1, -0.05) is 47.6 Å². The average Bonchev–Trinajstić information content (AvgIpc) is 2.65. The number of carbonyl (C=O) groups is 2. The molecule has 136 valence electrons. The zero-order valence-corrected chi connectivity index (χ0v) is 16.4. The maximum atomic E-state index is 12.7. The van der Waals surface area contributed by atoms with Crippen LogP contribution in [-0.4, -0.2) is 33.4 Å².